The molecule has 2 heterocycles. The molecule has 2 rings (SSSR count). The molecule has 3 N–H and O–H groups in total. The average molecular weight is 288 g/mol. The third kappa shape index (κ3) is 3.29. The van der Waals surface area contributed by atoms with E-state index in [1.807, 2.05) is 26.0 Å². The quantitative estimate of drug-likeness (QED) is 0.852. The number of rotatable bonds is 3. The second kappa shape index (κ2) is 6.42. The molecule has 5 heteroatoms. The fourth-order valence-electron chi connectivity index (χ4n) is 1.73. The van der Waals surface area contributed by atoms with Crippen LogP contribution in [-0.4, -0.2) is 12.5 Å². The van der Waals surface area contributed by atoms with Crippen LogP contribution in [0.2, 0.25) is 0 Å². The van der Waals surface area contributed by atoms with E-state index in [4.69, 9.17) is 10.2 Å². The van der Waals surface area contributed by atoms with Crippen molar-refractivity contribution >= 4 is 17.2 Å². The summed E-state index contributed by atoms with van der Waals surface area (Å²) in [5, 5.41) is 2.90. The van der Waals surface area contributed by atoms with Crippen LogP contribution in [0.5, 0.6) is 0 Å². The van der Waals surface area contributed by atoms with Gasteiger partial charge in [-0.2, -0.15) is 0 Å². The van der Waals surface area contributed by atoms with Crippen molar-refractivity contribution in [3.8, 4) is 11.8 Å². The van der Waals surface area contributed by atoms with Gasteiger partial charge in [-0.25, -0.2) is 0 Å². The van der Waals surface area contributed by atoms with Crippen molar-refractivity contribution < 1.29 is 9.21 Å². The van der Waals surface area contributed by atoms with E-state index in [0.29, 0.717) is 11.4 Å². The predicted octanol–water partition coefficient (Wildman–Crippen LogP) is 2.45. The number of nitrogens with two attached hydrogens (primary N) is 1. The van der Waals surface area contributed by atoms with Gasteiger partial charge in [0.15, 0.2) is 0 Å². The molecule has 0 saturated heterocycles. The van der Waals surface area contributed by atoms with E-state index in [1.54, 1.807) is 12.3 Å². The summed E-state index contributed by atoms with van der Waals surface area (Å²) in [7, 11) is 0. The van der Waals surface area contributed by atoms with Crippen LogP contribution < -0.4 is 11.1 Å². The highest BCUT2D eigenvalue weighted by Gasteiger charge is 2.16. The van der Waals surface area contributed by atoms with Crippen LogP contribution in [0.1, 0.15) is 38.8 Å². The highest BCUT2D eigenvalue weighted by atomic mass is 32.1. The van der Waals surface area contributed by atoms with Crippen molar-refractivity contribution in [2.45, 2.75) is 19.9 Å². The molecule has 0 aromatic carbocycles. The molecule has 1 unspecified atom stereocenters. The zero-order chi connectivity index (χ0) is 14.5. The van der Waals surface area contributed by atoms with Gasteiger partial charge in [0.1, 0.15) is 5.76 Å². The Labute approximate surface area is 122 Å². The molecule has 1 atom stereocenters. The Kier molecular flexibility index (Phi) is 4.61. The lowest BCUT2D eigenvalue weighted by Gasteiger charge is -2.09. The maximum atomic E-state index is 12.2. The average Bonchev–Trinajstić information content (AvgIpc) is 3.06. The van der Waals surface area contributed by atoms with Crippen LogP contribution >= 0.6 is 11.3 Å². The third-order valence-electron chi connectivity index (χ3n) is 2.76. The number of hydrogen-bond acceptors (Lipinski definition) is 4. The zero-order valence-electron chi connectivity index (χ0n) is 11.4. The number of aryl methyl sites for hydroxylation is 1. The predicted molar refractivity (Wildman–Crippen MR) is 79.6 cm³/mol. The summed E-state index contributed by atoms with van der Waals surface area (Å²) in [6.07, 6.45) is 1.59. The van der Waals surface area contributed by atoms with Crippen molar-refractivity contribution in [3.63, 3.8) is 0 Å². The monoisotopic (exact) mass is 288 g/mol. The van der Waals surface area contributed by atoms with Gasteiger partial charge >= 0.3 is 0 Å². The first-order chi connectivity index (χ1) is 9.61. The number of thiophene rings is 1. The fourth-order valence-corrected chi connectivity index (χ4v) is 2.68. The first kappa shape index (κ1) is 14.4. The first-order valence-electron chi connectivity index (χ1n) is 6.25. The summed E-state index contributed by atoms with van der Waals surface area (Å²) < 4.78 is 5.27. The van der Waals surface area contributed by atoms with E-state index in [1.165, 1.54) is 11.3 Å². The van der Waals surface area contributed by atoms with Crippen molar-refractivity contribution in [2.24, 2.45) is 5.73 Å². The Morgan fingerprint density at radius 1 is 1.60 bits per heavy atom. The highest BCUT2D eigenvalue weighted by molar-refractivity contribution is 7.14. The Bertz CT molecular complexity index is 647. The van der Waals surface area contributed by atoms with E-state index >= 15 is 0 Å². The van der Waals surface area contributed by atoms with E-state index < -0.39 is 0 Å². The molecule has 1 amide bonds. The summed E-state index contributed by atoms with van der Waals surface area (Å²) in [4.78, 5) is 13.7. The van der Waals surface area contributed by atoms with Crippen LogP contribution in [0.15, 0.2) is 28.9 Å². The second-order valence-electron chi connectivity index (χ2n) is 4.34. The smallest absolute Gasteiger partial charge is 0.261 e. The number of carbonyl (C=O) groups excluding carboxylic acids is 1. The van der Waals surface area contributed by atoms with Crippen molar-refractivity contribution in [1.82, 2.24) is 5.32 Å². The van der Waals surface area contributed by atoms with Crippen LogP contribution in [0.4, 0.5) is 0 Å². The summed E-state index contributed by atoms with van der Waals surface area (Å²) >= 11 is 1.37. The molecular formula is C15H16N2O2S. The molecule has 0 aliphatic heterocycles. The van der Waals surface area contributed by atoms with E-state index in [0.717, 1.165) is 16.2 Å². The number of hydrogen-bond donors (Lipinski definition) is 2. The number of carbonyl (C=O) groups is 1. The normalized spacial score (nSPS) is 11.6. The van der Waals surface area contributed by atoms with Gasteiger partial charge in [0.2, 0.25) is 0 Å². The highest BCUT2D eigenvalue weighted by Crippen LogP contribution is 2.22. The van der Waals surface area contributed by atoms with Gasteiger partial charge < -0.3 is 15.5 Å². The molecule has 2 aromatic heterocycles. The van der Waals surface area contributed by atoms with Gasteiger partial charge in [-0.1, -0.05) is 11.8 Å². The largest absolute Gasteiger partial charge is 0.467 e. The van der Waals surface area contributed by atoms with Crippen LogP contribution in [0.25, 0.3) is 0 Å². The Morgan fingerprint density at radius 2 is 2.40 bits per heavy atom. The van der Waals surface area contributed by atoms with Crippen LogP contribution in [0, 0.1) is 18.8 Å². The minimum Gasteiger partial charge on any atom is -0.467 e. The molecule has 0 saturated carbocycles. The summed E-state index contributed by atoms with van der Waals surface area (Å²) in [5.41, 5.74) is 6.35. The van der Waals surface area contributed by atoms with Crippen LogP contribution in [0.3, 0.4) is 0 Å². The Hall–Kier alpha value is -2.03. The van der Waals surface area contributed by atoms with Crippen molar-refractivity contribution in [1.29, 1.82) is 0 Å². The first-order valence-corrected chi connectivity index (χ1v) is 7.07. The van der Waals surface area contributed by atoms with E-state index in [2.05, 4.69) is 17.2 Å². The molecule has 0 bridgehead atoms. The maximum absolute atomic E-state index is 12.2. The van der Waals surface area contributed by atoms with Gasteiger partial charge in [-0.05, 0) is 37.6 Å². The number of furan rings is 1. The number of amides is 1. The molecule has 20 heavy (non-hydrogen) atoms. The molecule has 104 valence electrons. The molecule has 0 aliphatic carbocycles. The molecule has 0 fully saturated rings. The molecule has 0 aliphatic rings. The SMILES string of the molecule is Cc1cc(C(=O)NC(C)c2ccco2)sc1C#CCN. The molecule has 0 radical (unpaired) electrons. The van der Waals surface area contributed by atoms with Gasteiger partial charge in [-0.15, -0.1) is 11.3 Å². The van der Waals surface area contributed by atoms with E-state index in [9.17, 15) is 4.79 Å². The third-order valence-corrected chi connectivity index (χ3v) is 3.91. The zero-order valence-corrected chi connectivity index (χ0v) is 12.2. The summed E-state index contributed by atoms with van der Waals surface area (Å²) in [6.45, 7) is 4.13. The Balaban J connectivity index is 2.10. The van der Waals surface area contributed by atoms with Crippen molar-refractivity contribution in [2.75, 3.05) is 6.54 Å². The fraction of sp³-hybridized carbons (Fsp3) is 0.267. The Morgan fingerprint density at radius 3 is 3.05 bits per heavy atom. The van der Waals surface area contributed by atoms with Gasteiger partial charge in [0.25, 0.3) is 5.91 Å². The lowest BCUT2D eigenvalue weighted by molar-refractivity contribution is 0.0939. The molecule has 0 spiro atoms. The lowest BCUT2D eigenvalue weighted by atomic mass is 10.2. The van der Waals surface area contributed by atoms with E-state index in [-0.39, 0.29) is 11.9 Å². The van der Waals surface area contributed by atoms with Crippen molar-refractivity contribution in [3.05, 3.63) is 45.5 Å². The lowest BCUT2D eigenvalue weighted by Crippen LogP contribution is -2.25. The molecular weight excluding hydrogens is 272 g/mol. The minimum atomic E-state index is -0.168. The molecule has 2 aromatic rings. The second-order valence-corrected chi connectivity index (χ2v) is 5.39. The maximum Gasteiger partial charge on any atom is 0.261 e. The number of nitrogens with one attached hydrogen (secondary N) is 1. The summed E-state index contributed by atoms with van der Waals surface area (Å²) in [6, 6.07) is 5.31. The van der Waals surface area contributed by atoms with Gasteiger partial charge in [-0.3, -0.25) is 4.79 Å². The topological polar surface area (TPSA) is 68.3 Å². The summed E-state index contributed by atoms with van der Waals surface area (Å²) in [5.74, 6) is 6.38. The standard InChI is InChI=1S/C15H16N2O2S/c1-10-9-14(20-13(10)6-3-7-16)15(18)17-11(2)12-5-4-8-19-12/h4-5,8-9,11H,7,16H2,1-2H3,(H,17,18). The minimum absolute atomic E-state index is 0.122. The molecule has 4 nitrogen and oxygen atoms in total. The van der Waals surface area contributed by atoms with Gasteiger partial charge in [0.05, 0.1) is 28.6 Å². The van der Waals surface area contributed by atoms with Crippen LogP contribution in [-0.2, 0) is 0 Å². The van der Waals surface area contributed by atoms with Gasteiger partial charge in [0, 0.05) is 0 Å².